The van der Waals surface area contributed by atoms with Crippen LogP contribution in [0.25, 0.3) is 16.8 Å². The summed E-state index contributed by atoms with van der Waals surface area (Å²) in [6, 6.07) is 19.2. The number of carbonyl (C=O) groups is 2. The Morgan fingerprint density at radius 1 is 0.845 bits per heavy atom. The number of aromatic nitrogens is 3. The first-order chi connectivity index (χ1) is 28.1. The van der Waals surface area contributed by atoms with Crippen LogP contribution < -0.4 is 20.7 Å². The number of nitrogens with zero attached hydrogens (tertiary/aromatic N) is 5. The lowest BCUT2D eigenvalue weighted by molar-refractivity contribution is 0.0888. The van der Waals surface area contributed by atoms with E-state index in [1.54, 1.807) is 0 Å². The number of amides is 2. The van der Waals surface area contributed by atoms with Crippen molar-refractivity contribution < 1.29 is 23.1 Å². The first-order valence-electron chi connectivity index (χ1n) is 20.2. The summed E-state index contributed by atoms with van der Waals surface area (Å²) in [5, 5.41) is 9.68. The summed E-state index contributed by atoms with van der Waals surface area (Å²) in [5.41, 5.74) is 5.37. The first kappa shape index (κ1) is 39.9. The van der Waals surface area contributed by atoms with Crippen LogP contribution in [0.1, 0.15) is 71.5 Å². The molecule has 0 radical (unpaired) electrons. The number of pyridine rings is 2. The van der Waals surface area contributed by atoms with Gasteiger partial charge in [-0.1, -0.05) is 30.3 Å². The third-order valence-electron chi connectivity index (χ3n) is 11.2. The highest BCUT2D eigenvalue weighted by atomic mass is 32.2. The van der Waals surface area contributed by atoms with Crippen LogP contribution in [0.15, 0.2) is 79.3 Å². The molecule has 14 heteroatoms. The molecule has 3 aliphatic rings. The number of fused-ring (bicyclic) bond motifs is 1. The van der Waals surface area contributed by atoms with E-state index in [9.17, 15) is 18.4 Å². The molecule has 0 unspecified atom stereocenters. The maximum absolute atomic E-state index is 14.6. The van der Waals surface area contributed by atoms with Crippen molar-refractivity contribution in [3.8, 4) is 22.8 Å². The second-order valence-corrected chi connectivity index (χ2v) is 17.1. The van der Waals surface area contributed by atoms with Gasteiger partial charge in [-0.3, -0.25) is 19.4 Å². The quantitative estimate of drug-likeness (QED) is 0.135. The molecule has 0 bridgehead atoms. The van der Waals surface area contributed by atoms with Gasteiger partial charge in [-0.2, -0.15) is 11.8 Å². The SMILES string of the molecule is C[C@@H]1CN(Cc2ccc(-c3cccc(Oc4ncc(F)cc4C(=O)N[C@H]4CC[C@@H](NC(=O)c5cn6cc(F)ccc6n5)CC4)c3)c(CN3CCSCC3)c2)C[C@H](C)N1. The zero-order valence-corrected chi connectivity index (χ0v) is 33.7. The second kappa shape index (κ2) is 17.9. The molecule has 0 spiro atoms. The highest BCUT2D eigenvalue weighted by Crippen LogP contribution is 2.33. The maximum atomic E-state index is 14.6. The van der Waals surface area contributed by atoms with Crippen LogP contribution in [-0.4, -0.2) is 97.8 Å². The molecule has 3 aromatic heterocycles. The Balaban J connectivity index is 0.931. The van der Waals surface area contributed by atoms with Crippen molar-refractivity contribution in [2.24, 2.45) is 0 Å². The number of piperazine rings is 1. The van der Waals surface area contributed by atoms with Crippen molar-refractivity contribution in [1.29, 1.82) is 0 Å². The fourth-order valence-corrected chi connectivity index (χ4v) is 9.45. The number of rotatable bonds is 11. The summed E-state index contributed by atoms with van der Waals surface area (Å²) < 4.78 is 35.9. The van der Waals surface area contributed by atoms with E-state index >= 15 is 0 Å². The third-order valence-corrected chi connectivity index (χ3v) is 12.1. The minimum Gasteiger partial charge on any atom is -0.438 e. The Hall–Kier alpha value is -4.89. The zero-order valence-electron chi connectivity index (χ0n) is 32.9. The van der Waals surface area contributed by atoms with E-state index in [4.69, 9.17) is 4.74 Å². The molecular formula is C44H50F2N8O3S. The van der Waals surface area contributed by atoms with E-state index in [0.29, 0.717) is 49.2 Å². The lowest BCUT2D eigenvalue weighted by atomic mass is 9.91. The summed E-state index contributed by atoms with van der Waals surface area (Å²) in [6.45, 7) is 10.4. The van der Waals surface area contributed by atoms with Gasteiger partial charge in [0.2, 0.25) is 5.88 Å². The molecule has 3 N–H and O–H groups in total. The molecule has 304 valence electrons. The number of hydrogen-bond donors (Lipinski definition) is 3. The molecular weight excluding hydrogens is 759 g/mol. The molecule has 2 aromatic carbocycles. The second-order valence-electron chi connectivity index (χ2n) is 15.9. The zero-order chi connectivity index (χ0) is 40.2. The normalized spacial score (nSPS) is 21.8. The molecule has 1 saturated carbocycles. The predicted molar refractivity (Wildman–Crippen MR) is 222 cm³/mol. The maximum Gasteiger partial charge on any atom is 0.271 e. The number of imidazole rings is 1. The Morgan fingerprint density at radius 2 is 1.59 bits per heavy atom. The van der Waals surface area contributed by atoms with Crippen LogP contribution in [0.4, 0.5) is 8.78 Å². The highest BCUT2D eigenvalue weighted by Gasteiger charge is 2.27. The van der Waals surface area contributed by atoms with Crippen LogP contribution in [0.3, 0.4) is 0 Å². The van der Waals surface area contributed by atoms with E-state index < -0.39 is 17.5 Å². The van der Waals surface area contributed by atoms with Gasteiger partial charge in [0, 0.05) is 87.3 Å². The lowest BCUT2D eigenvalue weighted by Crippen LogP contribution is -2.53. The van der Waals surface area contributed by atoms with E-state index in [-0.39, 0.29) is 35.1 Å². The molecule has 5 aromatic rings. The van der Waals surface area contributed by atoms with Gasteiger partial charge in [-0.25, -0.2) is 18.7 Å². The Labute approximate surface area is 342 Å². The molecule has 2 atom stereocenters. The van der Waals surface area contributed by atoms with Gasteiger partial charge >= 0.3 is 0 Å². The van der Waals surface area contributed by atoms with Crippen molar-refractivity contribution in [3.05, 3.63) is 113 Å². The fourth-order valence-electron chi connectivity index (χ4n) is 8.47. The summed E-state index contributed by atoms with van der Waals surface area (Å²) in [5.74, 6) is 0.897. The van der Waals surface area contributed by atoms with Crippen molar-refractivity contribution >= 4 is 29.2 Å². The van der Waals surface area contributed by atoms with E-state index in [1.807, 2.05) is 30.0 Å². The Morgan fingerprint density at radius 3 is 2.34 bits per heavy atom. The molecule has 8 rings (SSSR count). The van der Waals surface area contributed by atoms with E-state index in [1.165, 1.54) is 40.1 Å². The Bertz CT molecular complexity index is 2250. The summed E-state index contributed by atoms with van der Waals surface area (Å²) in [7, 11) is 0. The topological polar surface area (TPSA) is 116 Å². The van der Waals surface area contributed by atoms with Crippen molar-refractivity contribution in [1.82, 2.24) is 40.1 Å². The number of halogens is 2. The molecule has 2 aliphatic heterocycles. The molecule has 1 aliphatic carbocycles. The van der Waals surface area contributed by atoms with Gasteiger partial charge in [0.15, 0.2) is 0 Å². The van der Waals surface area contributed by atoms with Gasteiger partial charge in [0.05, 0.1) is 6.20 Å². The molecule has 5 heterocycles. The largest absolute Gasteiger partial charge is 0.438 e. The van der Waals surface area contributed by atoms with E-state index in [0.717, 1.165) is 74.2 Å². The van der Waals surface area contributed by atoms with Crippen LogP contribution in [-0.2, 0) is 13.1 Å². The lowest BCUT2D eigenvalue weighted by Gasteiger charge is -2.36. The number of hydrogen-bond acceptors (Lipinski definition) is 9. The van der Waals surface area contributed by atoms with Crippen LogP contribution >= 0.6 is 11.8 Å². The first-order valence-corrected chi connectivity index (χ1v) is 21.4. The third kappa shape index (κ3) is 9.86. The average molecular weight is 809 g/mol. The van der Waals surface area contributed by atoms with Crippen molar-refractivity contribution in [3.63, 3.8) is 0 Å². The summed E-state index contributed by atoms with van der Waals surface area (Å²) in [4.78, 5) is 40.1. The summed E-state index contributed by atoms with van der Waals surface area (Å²) in [6.07, 6.45) is 6.31. The number of benzene rings is 2. The smallest absolute Gasteiger partial charge is 0.271 e. The Kier molecular flexibility index (Phi) is 12.3. The van der Waals surface area contributed by atoms with E-state index in [2.05, 4.69) is 73.8 Å². The molecule has 2 saturated heterocycles. The molecule has 3 fully saturated rings. The monoisotopic (exact) mass is 808 g/mol. The van der Waals surface area contributed by atoms with Gasteiger partial charge in [0.25, 0.3) is 11.8 Å². The van der Waals surface area contributed by atoms with Crippen LogP contribution in [0.2, 0.25) is 0 Å². The minimum absolute atomic E-state index is 0.00803. The molecule has 58 heavy (non-hydrogen) atoms. The van der Waals surface area contributed by atoms with Crippen molar-refractivity contribution in [2.45, 2.75) is 76.8 Å². The van der Waals surface area contributed by atoms with Crippen LogP contribution in [0, 0.1) is 11.6 Å². The number of nitrogens with one attached hydrogen (secondary N) is 3. The number of carbonyl (C=O) groups excluding carboxylic acids is 2. The van der Waals surface area contributed by atoms with Gasteiger partial charge in [-0.05, 0) is 92.1 Å². The highest BCUT2D eigenvalue weighted by molar-refractivity contribution is 7.99. The van der Waals surface area contributed by atoms with Gasteiger partial charge in [0.1, 0.15) is 34.3 Å². The predicted octanol–water partition coefficient (Wildman–Crippen LogP) is 6.67. The fraction of sp³-hybridized carbons (Fsp3) is 0.409. The molecule has 2 amide bonds. The minimum atomic E-state index is -0.641. The average Bonchev–Trinajstić information content (AvgIpc) is 3.63. The van der Waals surface area contributed by atoms with Crippen molar-refractivity contribution in [2.75, 3.05) is 37.7 Å². The summed E-state index contributed by atoms with van der Waals surface area (Å²) >= 11 is 2.00. The standard InChI is InChI=1S/C44H50F2N8O3S/c1-28-22-53(23-29(2)48-28)24-30-6-12-38(32(18-30)25-52-14-16-58-17-15-52)31-4-3-5-37(19-31)57-44-39(20-34(46)21-47-44)42(55)49-35-8-10-36(11-9-35)50-43(56)40-27-54-26-33(45)7-13-41(54)51-40/h3-7,12-13,18-21,26-29,35-36,48H,8-11,14-17,22-25H2,1-2H3,(H,49,55)(H,50,56)/t28-,29+,35-,36+. The molecule has 11 nitrogen and oxygen atoms in total. The van der Waals surface area contributed by atoms with Crippen LogP contribution in [0.5, 0.6) is 11.6 Å². The van der Waals surface area contributed by atoms with Gasteiger partial charge < -0.3 is 25.1 Å². The number of ether oxygens (including phenoxy) is 1. The number of thioether (sulfide) groups is 1. The van der Waals surface area contributed by atoms with Gasteiger partial charge in [-0.15, -0.1) is 0 Å².